The molecule has 2 aromatic rings. The molecule has 7 heteroatoms. The summed E-state index contributed by atoms with van der Waals surface area (Å²) in [5.41, 5.74) is 3.84. The molecule has 0 aliphatic heterocycles. The van der Waals surface area contributed by atoms with Gasteiger partial charge in [-0.15, -0.1) is 0 Å². The van der Waals surface area contributed by atoms with Gasteiger partial charge in [0, 0.05) is 11.8 Å². The lowest BCUT2D eigenvalue weighted by atomic mass is 10.2. The summed E-state index contributed by atoms with van der Waals surface area (Å²) in [7, 11) is 1.48. The molecular weight excluding hydrogens is 284 g/mol. The highest BCUT2D eigenvalue weighted by Crippen LogP contribution is 2.25. The molecule has 0 fully saturated rings. The number of H-pyrrole nitrogens is 1. The third-order valence-corrected chi connectivity index (χ3v) is 2.89. The van der Waals surface area contributed by atoms with Crippen molar-refractivity contribution in [3.8, 4) is 11.5 Å². The number of aromatic amines is 1. The van der Waals surface area contributed by atoms with Crippen LogP contribution in [0.25, 0.3) is 0 Å². The number of hydrazone groups is 1. The van der Waals surface area contributed by atoms with Gasteiger partial charge in [-0.3, -0.25) is 9.78 Å². The summed E-state index contributed by atoms with van der Waals surface area (Å²) in [5, 5.41) is 13.7. The van der Waals surface area contributed by atoms with Crippen LogP contribution in [-0.2, 0) is 6.42 Å². The normalized spacial score (nSPS) is 10.8. The number of aromatic nitrogens is 2. The Morgan fingerprint density at radius 1 is 1.45 bits per heavy atom. The maximum atomic E-state index is 11.5. The number of hydrogen-bond acceptors (Lipinski definition) is 6. The number of aromatic hydroxyl groups is 1. The first kappa shape index (κ1) is 15.6. The summed E-state index contributed by atoms with van der Waals surface area (Å²) in [6.45, 7) is 2.02. The van der Waals surface area contributed by atoms with Gasteiger partial charge in [0.05, 0.1) is 13.3 Å². The van der Waals surface area contributed by atoms with E-state index in [9.17, 15) is 9.90 Å². The molecule has 0 aliphatic rings. The number of aryl methyl sites for hydroxylation is 1. The van der Waals surface area contributed by atoms with Crippen LogP contribution in [0.5, 0.6) is 11.5 Å². The number of phenolic OH excluding ortho intramolecular Hbond substituents is 1. The number of anilines is 1. The van der Waals surface area contributed by atoms with Crippen LogP contribution in [0, 0.1) is 0 Å². The first-order valence-corrected chi connectivity index (χ1v) is 6.88. The Bertz CT molecular complexity index is 725. The molecule has 0 aliphatic carbocycles. The topological polar surface area (TPSA) is 99.6 Å². The lowest BCUT2D eigenvalue weighted by Gasteiger charge is -2.04. The largest absolute Gasteiger partial charge is 0.504 e. The minimum absolute atomic E-state index is 0.0305. The fourth-order valence-electron chi connectivity index (χ4n) is 1.90. The van der Waals surface area contributed by atoms with E-state index >= 15 is 0 Å². The fourth-order valence-corrected chi connectivity index (χ4v) is 1.90. The van der Waals surface area contributed by atoms with E-state index < -0.39 is 0 Å². The van der Waals surface area contributed by atoms with Gasteiger partial charge in [0.2, 0.25) is 5.95 Å². The van der Waals surface area contributed by atoms with Gasteiger partial charge in [0.15, 0.2) is 11.5 Å². The molecule has 0 spiro atoms. The van der Waals surface area contributed by atoms with Crippen molar-refractivity contribution >= 4 is 12.2 Å². The van der Waals surface area contributed by atoms with Gasteiger partial charge in [0.1, 0.15) is 0 Å². The molecule has 0 saturated carbocycles. The lowest BCUT2D eigenvalue weighted by Crippen LogP contribution is -2.11. The average molecular weight is 302 g/mol. The maximum absolute atomic E-state index is 11.5. The predicted octanol–water partition coefficient (Wildman–Crippen LogP) is 1.88. The summed E-state index contributed by atoms with van der Waals surface area (Å²) in [6, 6.07) is 6.37. The first-order valence-electron chi connectivity index (χ1n) is 6.88. The lowest BCUT2D eigenvalue weighted by molar-refractivity contribution is 0.373. The monoisotopic (exact) mass is 302 g/mol. The van der Waals surface area contributed by atoms with Crippen molar-refractivity contribution in [3.63, 3.8) is 0 Å². The zero-order valence-corrected chi connectivity index (χ0v) is 12.5. The van der Waals surface area contributed by atoms with Crippen LogP contribution in [0.4, 0.5) is 5.95 Å². The molecular formula is C15H18N4O3. The van der Waals surface area contributed by atoms with E-state index in [1.807, 2.05) is 6.92 Å². The van der Waals surface area contributed by atoms with Crippen molar-refractivity contribution in [1.29, 1.82) is 0 Å². The van der Waals surface area contributed by atoms with Crippen molar-refractivity contribution < 1.29 is 9.84 Å². The average Bonchev–Trinajstić information content (AvgIpc) is 2.47. The minimum Gasteiger partial charge on any atom is -0.504 e. The zero-order chi connectivity index (χ0) is 15.9. The molecule has 7 nitrogen and oxygen atoms in total. The number of nitrogens with zero attached hydrogens (tertiary/aromatic N) is 2. The van der Waals surface area contributed by atoms with Gasteiger partial charge < -0.3 is 9.84 Å². The number of nitrogens with one attached hydrogen (secondary N) is 2. The highest BCUT2D eigenvalue weighted by atomic mass is 16.5. The summed E-state index contributed by atoms with van der Waals surface area (Å²) < 4.78 is 4.96. The van der Waals surface area contributed by atoms with Crippen LogP contribution in [0.15, 0.2) is 34.2 Å². The quantitative estimate of drug-likeness (QED) is 0.559. The summed E-state index contributed by atoms with van der Waals surface area (Å²) in [4.78, 5) is 18.3. The Hall–Kier alpha value is -2.83. The molecule has 0 amide bonds. The van der Waals surface area contributed by atoms with Gasteiger partial charge >= 0.3 is 0 Å². The second kappa shape index (κ2) is 7.26. The zero-order valence-electron chi connectivity index (χ0n) is 12.5. The van der Waals surface area contributed by atoms with E-state index in [4.69, 9.17) is 4.74 Å². The van der Waals surface area contributed by atoms with Crippen LogP contribution in [-0.4, -0.2) is 28.4 Å². The highest BCUT2D eigenvalue weighted by Gasteiger charge is 2.01. The minimum atomic E-state index is -0.224. The van der Waals surface area contributed by atoms with Crippen molar-refractivity contribution in [1.82, 2.24) is 9.97 Å². The van der Waals surface area contributed by atoms with Crippen molar-refractivity contribution in [2.24, 2.45) is 5.10 Å². The third kappa shape index (κ3) is 4.08. The van der Waals surface area contributed by atoms with E-state index in [1.54, 1.807) is 12.1 Å². The van der Waals surface area contributed by atoms with Gasteiger partial charge in [0.25, 0.3) is 5.56 Å². The number of phenols is 1. The molecule has 1 aromatic heterocycles. The predicted molar refractivity (Wildman–Crippen MR) is 84.7 cm³/mol. The van der Waals surface area contributed by atoms with Crippen molar-refractivity contribution in [2.45, 2.75) is 19.8 Å². The standard InChI is InChI=1S/C15H18N4O3/c1-3-4-11-8-14(21)18-15(17-11)19-16-9-10-5-6-13(22-2)12(20)7-10/h5-9,20H,3-4H2,1-2H3,(H2,17,18,19,21)/b16-9+. The van der Waals surface area contributed by atoms with Crippen LogP contribution in [0.3, 0.4) is 0 Å². The van der Waals surface area contributed by atoms with Gasteiger partial charge in [-0.05, 0) is 30.2 Å². The van der Waals surface area contributed by atoms with E-state index in [-0.39, 0.29) is 17.3 Å². The number of benzene rings is 1. The Kier molecular flexibility index (Phi) is 5.13. The molecule has 0 saturated heterocycles. The molecule has 22 heavy (non-hydrogen) atoms. The maximum Gasteiger partial charge on any atom is 0.252 e. The highest BCUT2D eigenvalue weighted by molar-refractivity contribution is 5.81. The second-order valence-corrected chi connectivity index (χ2v) is 4.64. The van der Waals surface area contributed by atoms with Crippen LogP contribution < -0.4 is 15.7 Å². The number of rotatable bonds is 6. The molecule has 0 atom stereocenters. The Labute approximate surface area is 127 Å². The fraction of sp³-hybridized carbons (Fsp3) is 0.267. The summed E-state index contributed by atoms with van der Waals surface area (Å²) in [6.07, 6.45) is 3.14. The van der Waals surface area contributed by atoms with Crippen LogP contribution in [0.2, 0.25) is 0 Å². The van der Waals surface area contributed by atoms with E-state index in [2.05, 4.69) is 20.5 Å². The number of ether oxygens (including phenoxy) is 1. The Balaban J connectivity index is 2.09. The first-order chi connectivity index (χ1) is 10.6. The molecule has 116 valence electrons. The van der Waals surface area contributed by atoms with E-state index in [1.165, 1.54) is 25.5 Å². The third-order valence-electron chi connectivity index (χ3n) is 2.89. The molecule has 0 unspecified atom stereocenters. The van der Waals surface area contributed by atoms with Gasteiger partial charge in [-0.1, -0.05) is 13.3 Å². The molecule has 1 heterocycles. The SMILES string of the molecule is CCCc1cc(=O)[nH]c(N/N=C/c2ccc(OC)c(O)c2)n1. The number of hydrogen-bond donors (Lipinski definition) is 3. The second-order valence-electron chi connectivity index (χ2n) is 4.64. The van der Waals surface area contributed by atoms with Crippen molar-refractivity contribution in [3.05, 3.63) is 45.9 Å². The summed E-state index contributed by atoms with van der Waals surface area (Å²) >= 11 is 0. The van der Waals surface area contributed by atoms with Crippen LogP contribution in [0.1, 0.15) is 24.6 Å². The van der Waals surface area contributed by atoms with Gasteiger partial charge in [-0.25, -0.2) is 10.4 Å². The van der Waals surface area contributed by atoms with Crippen molar-refractivity contribution in [2.75, 3.05) is 12.5 Å². The molecule has 0 bridgehead atoms. The summed E-state index contributed by atoms with van der Waals surface area (Å²) in [5.74, 6) is 0.705. The Morgan fingerprint density at radius 3 is 2.95 bits per heavy atom. The van der Waals surface area contributed by atoms with E-state index in [0.29, 0.717) is 17.0 Å². The Morgan fingerprint density at radius 2 is 2.27 bits per heavy atom. The molecule has 0 radical (unpaired) electrons. The smallest absolute Gasteiger partial charge is 0.252 e. The molecule has 3 N–H and O–H groups in total. The van der Waals surface area contributed by atoms with E-state index in [0.717, 1.165) is 12.8 Å². The molecule has 2 rings (SSSR count). The number of methoxy groups -OCH3 is 1. The van der Waals surface area contributed by atoms with Gasteiger partial charge in [-0.2, -0.15) is 5.10 Å². The van der Waals surface area contributed by atoms with Crippen LogP contribution >= 0.6 is 0 Å². The molecule has 1 aromatic carbocycles.